The second kappa shape index (κ2) is 9.44. The number of hydrogen-bond donors (Lipinski definition) is 1. The summed E-state index contributed by atoms with van der Waals surface area (Å²) in [6.07, 6.45) is 5.07. The Labute approximate surface area is 150 Å². The van der Waals surface area contributed by atoms with Gasteiger partial charge in [0.1, 0.15) is 11.9 Å². The largest absolute Gasteiger partial charge is 0.314 e. The predicted octanol–water partition coefficient (Wildman–Crippen LogP) is 3.68. The van der Waals surface area contributed by atoms with E-state index in [4.69, 9.17) is 5.26 Å². The van der Waals surface area contributed by atoms with Crippen LogP contribution in [-0.4, -0.2) is 31.1 Å². The molecule has 0 radical (unpaired) electrons. The summed E-state index contributed by atoms with van der Waals surface area (Å²) < 4.78 is 13.6. The first-order valence-corrected chi connectivity index (χ1v) is 7.94. The number of hydrogen-bond acceptors (Lipinski definition) is 3. The second-order valence-corrected chi connectivity index (χ2v) is 6.13. The van der Waals surface area contributed by atoms with E-state index in [0.717, 1.165) is 31.7 Å². The molecule has 1 saturated carbocycles. The molecule has 0 bridgehead atoms. The number of nitrogens with one attached hydrogen (secondary N) is 1. The first-order valence-electron chi connectivity index (χ1n) is 7.94. The van der Waals surface area contributed by atoms with Crippen LogP contribution in [-0.2, 0) is 0 Å². The van der Waals surface area contributed by atoms with Gasteiger partial charge in [0, 0.05) is 32.2 Å². The highest BCUT2D eigenvalue weighted by atomic mass is 35.5. The zero-order valence-corrected chi connectivity index (χ0v) is 14.8. The van der Waals surface area contributed by atoms with Crippen molar-refractivity contribution >= 4 is 24.8 Å². The van der Waals surface area contributed by atoms with Crippen LogP contribution in [0.2, 0.25) is 0 Å². The van der Waals surface area contributed by atoms with E-state index in [0.29, 0.717) is 12.0 Å². The Morgan fingerprint density at radius 2 is 1.83 bits per heavy atom. The van der Waals surface area contributed by atoms with E-state index in [9.17, 15) is 4.39 Å². The van der Waals surface area contributed by atoms with Gasteiger partial charge in [-0.05, 0) is 36.5 Å². The molecule has 23 heavy (non-hydrogen) atoms. The third-order valence-corrected chi connectivity index (χ3v) is 4.84. The molecular weight excluding hydrogens is 336 g/mol. The van der Waals surface area contributed by atoms with Crippen molar-refractivity contribution in [3.05, 3.63) is 35.1 Å². The molecule has 1 heterocycles. The van der Waals surface area contributed by atoms with E-state index in [1.807, 2.05) is 12.1 Å². The highest BCUT2D eigenvalue weighted by molar-refractivity contribution is 5.85. The molecule has 1 aromatic carbocycles. The van der Waals surface area contributed by atoms with Gasteiger partial charge in [-0.15, -0.1) is 24.8 Å². The highest BCUT2D eigenvalue weighted by Crippen LogP contribution is 2.40. The molecule has 128 valence electrons. The average molecular weight is 360 g/mol. The van der Waals surface area contributed by atoms with Crippen molar-refractivity contribution in [2.45, 2.75) is 31.7 Å². The maximum atomic E-state index is 13.6. The summed E-state index contributed by atoms with van der Waals surface area (Å²) in [7, 11) is 0. The van der Waals surface area contributed by atoms with Crippen LogP contribution in [0.3, 0.4) is 0 Å². The number of halogens is 3. The van der Waals surface area contributed by atoms with Crippen LogP contribution in [0.4, 0.5) is 4.39 Å². The first-order chi connectivity index (χ1) is 10.3. The van der Waals surface area contributed by atoms with Crippen molar-refractivity contribution in [3.63, 3.8) is 0 Å². The fraction of sp³-hybridized carbons (Fsp3) is 0.588. The van der Waals surface area contributed by atoms with Crippen molar-refractivity contribution in [3.8, 4) is 6.07 Å². The molecule has 3 nitrogen and oxygen atoms in total. The summed E-state index contributed by atoms with van der Waals surface area (Å²) in [4.78, 5) is 2.51. The lowest BCUT2D eigenvalue weighted by Gasteiger charge is -2.38. The Balaban J connectivity index is 0.00000132. The maximum absolute atomic E-state index is 13.6. The lowest BCUT2D eigenvalue weighted by molar-refractivity contribution is 0.125. The molecule has 1 atom stereocenters. The summed E-state index contributed by atoms with van der Waals surface area (Å²) in [6.45, 7) is 4.08. The van der Waals surface area contributed by atoms with Crippen LogP contribution in [0.15, 0.2) is 18.2 Å². The molecule has 1 saturated heterocycles. The van der Waals surface area contributed by atoms with E-state index in [-0.39, 0.29) is 30.4 Å². The van der Waals surface area contributed by atoms with Crippen LogP contribution in [0.1, 0.15) is 42.9 Å². The molecule has 0 spiro atoms. The summed E-state index contributed by atoms with van der Waals surface area (Å²) in [5.74, 6) is 0.229. The fourth-order valence-corrected chi connectivity index (χ4v) is 3.83. The van der Waals surface area contributed by atoms with Gasteiger partial charge in [-0.3, -0.25) is 4.90 Å². The number of benzene rings is 1. The second-order valence-electron chi connectivity index (χ2n) is 6.13. The standard InChI is InChI=1S/C17H22FN3.2ClH/c18-16-6-5-14(11-15(16)12-19)17(13-3-1-2-4-13)21-9-7-20-8-10-21;;/h5-6,11,13,17,20H,1-4,7-10H2;2*1H/t17-;;/m0../s1. The molecule has 0 amide bonds. The first kappa shape index (κ1) is 20.2. The summed E-state index contributed by atoms with van der Waals surface area (Å²) in [5, 5.41) is 12.5. The van der Waals surface area contributed by atoms with Crippen LogP contribution in [0.25, 0.3) is 0 Å². The van der Waals surface area contributed by atoms with Gasteiger partial charge >= 0.3 is 0 Å². The smallest absolute Gasteiger partial charge is 0.140 e. The maximum Gasteiger partial charge on any atom is 0.140 e. The van der Waals surface area contributed by atoms with E-state index in [1.54, 1.807) is 6.07 Å². The summed E-state index contributed by atoms with van der Waals surface area (Å²) in [6, 6.07) is 7.41. The lowest BCUT2D eigenvalue weighted by Crippen LogP contribution is -2.46. The van der Waals surface area contributed by atoms with Crippen molar-refractivity contribution < 1.29 is 4.39 Å². The molecule has 1 aliphatic carbocycles. The van der Waals surface area contributed by atoms with Crippen molar-refractivity contribution in [1.82, 2.24) is 10.2 Å². The third kappa shape index (κ3) is 4.58. The molecule has 2 aliphatic rings. The van der Waals surface area contributed by atoms with Crippen LogP contribution < -0.4 is 5.32 Å². The van der Waals surface area contributed by atoms with Gasteiger partial charge in [0.05, 0.1) is 5.56 Å². The van der Waals surface area contributed by atoms with E-state index in [1.165, 1.54) is 31.7 Å². The van der Waals surface area contributed by atoms with Crippen LogP contribution in [0, 0.1) is 23.1 Å². The van der Waals surface area contributed by atoms with Gasteiger partial charge < -0.3 is 5.32 Å². The SMILES string of the molecule is Cl.Cl.N#Cc1cc([C@H](C2CCCC2)N2CCNCC2)ccc1F. The lowest BCUT2D eigenvalue weighted by atomic mass is 9.89. The Morgan fingerprint density at radius 3 is 2.43 bits per heavy atom. The Hall–Kier alpha value is -0.860. The molecule has 2 fully saturated rings. The van der Waals surface area contributed by atoms with Gasteiger partial charge in [-0.25, -0.2) is 4.39 Å². The van der Waals surface area contributed by atoms with E-state index < -0.39 is 5.82 Å². The van der Waals surface area contributed by atoms with E-state index in [2.05, 4.69) is 10.2 Å². The monoisotopic (exact) mass is 359 g/mol. The summed E-state index contributed by atoms with van der Waals surface area (Å²) in [5.41, 5.74) is 1.28. The Bertz CT molecular complexity index is 535. The third-order valence-electron chi connectivity index (χ3n) is 4.84. The molecule has 1 aromatic rings. The number of piperazine rings is 1. The number of rotatable bonds is 3. The molecule has 3 rings (SSSR count). The quantitative estimate of drug-likeness (QED) is 0.894. The highest BCUT2D eigenvalue weighted by Gasteiger charge is 2.32. The van der Waals surface area contributed by atoms with Crippen molar-refractivity contribution in [2.75, 3.05) is 26.2 Å². The van der Waals surface area contributed by atoms with E-state index >= 15 is 0 Å². The van der Waals surface area contributed by atoms with Gasteiger partial charge in [-0.2, -0.15) is 5.26 Å². The van der Waals surface area contributed by atoms with Gasteiger partial charge in [0.2, 0.25) is 0 Å². The minimum Gasteiger partial charge on any atom is -0.314 e. The predicted molar refractivity (Wildman–Crippen MR) is 94.8 cm³/mol. The minimum absolute atomic E-state index is 0. The van der Waals surface area contributed by atoms with Gasteiger partial charge in [0.25, 0.3) is 0 Å². The Morgan fingerprint density at radius 1 is 1.17 bits per heavy atom. The minimum atomic E-state index is -0.410. The van der Waals surface area contributed by atoms with Gasteiger partial charge in [-0.1, -0.05) is 18.9 Å². The molecular formula is C17H24Cl2FN3. The summed E-state index contributed by atoms with van der Waals surface area (Å²) >= 11 is 0. The van der Waals surface area contributed by atoms with Crippen molar-refractivity contribution in [2.24, 2.45) is 5.92 Å². The topological polar surface area (TPSA) is 39.1 Å². The Kier molecular flexibility index (Phi) is 8.28. The fourth-order valence-electron chi connectivity index (χ4n) is 3.83. The zero-order valence-electron chi connectivity index (χ0n) is 13.1. The molecule has 1 aliphatic heterocycles. The van der Waals surface area contributed by atoms with Gasteiger partial charge in [0.15, 0.2) is 0 Å². The molecule has 0 unspecified atom stereocenters. The molecule has 1 N–H and O–H groups in total. The zero-order chi connectivity index (χ0) is 14.7. The number of nitriles is 1. The van der Waals surface area contributed by atoms with Crippen LogP contribution >= 0.6 is 24.8 Å². The molecule has 0 aromatic heterocycles. The van der Waals surface area contributed by atoms with Crippen molar-refractivity contribution in [1.29, 1.82) is 5.26 Å². The average Bonchev–Trinajstić information content (AvgIpc) is 3.04. The normalized spacial score (nSPS) is 20.2. The number of nitrogens with zero attached hydrogens (tertiary/aromatic N) is 2. The molecule has 6 heteroatoms. The van der Waals surface area contributed by atoms with Crippen LogP contribution in [0.5, 0.6) is 0 Å².